The number of likely N-dealkylation sites (N-methyl/N-ethyl adjacent to an activating group) is 1. The second kappa shape index (κ2) is 11.8. The Bertz CT molecular complexity index is 977. The number of amides is 1. The van der Waals surface area contributed by atoms with Crippen molar-refractivity contribution in [1.82, 2.24) is 14.7 Å². The molecule has 34 heavy (non-hydrogen) atoms. The van der Waals surface area contributed by atoms with Gasteiger partial charge in [0.1, 0.15) is 5.75 Å². The molecule has 5 heteroatoms. The summed E-state index contributed by atoms with van der Waals surface area (Å²) in [6, 6.07) is 28.8. The average molecular weight is 458 g/mol. The number of carbonyl (C=O) groups excluding carboxylic acids is 1. The van der Waals surface area contributed by atoms with Crippen molar-refractivity contribution in [3.05, 3.63) is 102 Å². The van der Waals surface area contributed by atoms with Crippen molar-refractivity contribution in [3.8, 4) is 5.75 Å². The Morgan fingerprint density at radius 1 is 0.824 bits per heavy atom. The molecule has 0 bridgehead atoms. The predicted molar refractivity (Wildman–Crippen MR) is 137 cm³/mol. The monoisotopic (exact) mass is 457 g/mol. The SMILES string of the molecule is COc1ccc(CCN2CCN(CC(=O)N(C)C(c3ccccc3)c3ccccc3)CC2)cc1. The number of nitrogens with zero attached hydrogens (tertiary/aromatic N) is 3. The van der Waals surface area contributed by atoms with Gasteiger partial charge < -0.3 is 14.5 Å². The highest BCUT2D eigenvalue weighted by atomic mass is 16.5. The molecule has 1 aliphatic heterocycles. The molecule has 1 saturated heterocycles. The van der Waals surface area contributed by atoms with Gasteiger partial charge in [0, 0.05) is 39.8 Å². The summed E-state index contributed by atoms with van der Waals surface area (Å²) in [4.78, 5) is 20.0. The number of methoxy groups -OCH3 is 1. The maximum absolute atomic E-state index is 13.3. The van der Waals surface area contributed by atoms with E-state index in [9.17, 15) is 4.79 Å². The number of rotatable bonds is 9. The van der Waals surface area contributed by atoms with Crippen molar-refractivity contribution in [2.75, 3.05) is 53.4 Å². The summed E-state index contributed by atoms with van der Waals surface area (Å²) in [7, 11) is 3.62. The van der Waals surface area contributed by atoms with E-state index in [1.165, 1.54) is 5.56 Å². The second-order valence-electron chi connectivity index (χ2n) is 8.94. The van der Waals surface area contributed by atoms with Crippen LogP contribution in [0.5, 0.6) is 5.75 Å². The van der Waals surface area contributed by atoms with E-state index in [2.05, 4.69) is 46.2 Å². The lowest BCUT2D eigenvalue weighted by Gasteiger charge is -2.36. The van der Waals surface area contributed by atoms with E-state index in [1.54, 1.807) is 7.11 Å². The Labute approximate surface area is 203 Å². The van der Waals surface area contributed by atoms with Crippen LogP contribution >= 0.6 is 0 Å². The zero-order valence-electron chi connectivity index (χ0n) is 20.3. The molecule has 3 aromatic carbocycles. The lowest BCUT2D eigenvalue weighted by atomic mass is 9.97. The molecule has 5 nitrogen and oxygen atoms in total. The van der Waals surface area contributed by atoms with Crippen LogP contribution in [0.2, 0.25) is 0 Å². The minimum absolute atomic E-state index is 0.0827. The standard InChI is InChI=1S/C29H35N3O2/c1-30(29(25-9-5-3-6-10-25)26-11-7-4-8-12-26)28(33)23-32-21-19-31(20-22-32)18-17-24-13-15-27(34-2)16-14-24/h3-16,29H,17-23H2,1-2H3. The fourth-order valence-electron chi connectivity index (χ4n) is 4.61. The Morgan fingerprint density at radius 3 is 1.88 bits per heavy atom. The molecule has 3 aromatic rings. The van der Waals surface area contributed by atoms with Gasteiger partial charge in [-0.25, -0.2) is 0 Å². The first-order valence-corrected chi connectivity index (χ1v) is 12.1. The number of ether oxygens (including phenoxy) is 1. The maximum atomic E-state index is 13.3. The first-order valence-electron chi connectivity index (χ1n) is 12.1. The molecule has 0 atom stereocenters. The molecule has 4 rings (SSSR count). The van der Waals surface area contributed by atoms with Gasteiger partial charge in [0.05, 0.1) is 19.7 Å². The van der Waals surface area contributed by atoms with Crippen LogP contribution in [-0.2, 0) is 11.2 Å². The highest BCUT2D eigenvalue weighted by Crippen LogP contribution is 2.27. The highest BCUT2D eigenvalue weighted by Gasteiger charge is 2.26. The molecule has 1 aliphatic rings. The van der Waals surface area contributed by atoms with Gasteiger partial charge in [-0.3, -0.25) is 9.69 Å². The van der Waals surface area contributed by atoms with E-state index in [4.69, 9.17) is 4.74 Å². The van der Waals surface area contributed by atoms with Crippen molar-refractivity contribution in [3.63, 3.8) is 0 Å². The van der Waals surface area contributed by atoms with Gasteiger partial charge in [0.15, 0.2) is 0 Å². The summed E-state index contributed by atoms with van der Waals surface area (Å²) in [5, 5.41) is 0. The van der Waals surface area contributed by atoms with E-state index in [-0.39, 0.29) is 11.9 Å². The Morgan fingerprint density at radius 2 is 1.35 bits per heavy atom. The summed E-state index contributed by atoms with van der Waals surface area (Å²) in [5.74, 6) is 1.05. The third-order valence-electron chi connectivity index (χ3n) is 6.71. The van der Waals surface area contributed by atoms with Crippen LogP contribution in [0.4, 0.5) is 0 Å². The van der Waals surface area contributed by atoms with Crippen molar-refractivity contribution >= 4 is 5.91 Å². The summed E-state index contributed by atoms with van der Waals surface area (Å²) in [6.45, 7) is 5.33. The first-order chi connectivity index (χ1) is 16.6. The molecule has 0 radical (unpaired) electrons. The average Bonchev–Trinajstić information content (AvgIpc) is 2.90. The largest absolute Gasteiger partial charge is 0.497 e. The third-order valence-corrected chi connectivity index (χ3v) is 6.71. The van der Waals surface area contributed by atoms with Gasteiger partial charge in [-0.15, -0.1) is 0 Å². The van der Waals surface area contributed by atoms with Crippen LogP contribution in [0.15, 0.2) is 84.9 Å². The smallest absolute Gasteiger partial charge is 0.237 e. The minimum atomic E-state index is -0.0827. The number of hydrogen-bond donors (Lipinski definition) is 0. The van der Waals surface area contributed by atoms with E-state index >= 15 is 0 Å². The fourth-order valence-corrected chi connectivity index (χ4v) is 4.61. The maximum Gasteiger partial charge on any atom is 0.237 e. The zero-order chi connectivity index (χ0) is 23.8. The molecule has 1 fully saturated rings. The van der Waals surface area contributed by atoms with E-state index < -0.39 is 0 Å². The summed E-state index contributed by atoms with van der Waals surface area (Å²) in [5.41, 5.74) is 3.59. The molecule has 0 spiro atoms. The molecule has 1 amide bonds. The molecule has 0 unspecified atom stereocenters. The molecule has 0 saturated carbocycles. The summed E-state index contributed by atoms with van der Waals surface area (Å²) in [6.07, 6.45) is 1.03. The van der Waals surface area contributed by atoms with Crippen LogP contribution in [0, 0.1) is 0 Å². The van der Waals surface area contributed by atoms with Crippen LogP contribution in [0.25, 0.3) is 0 Å². The Hall–Kier alpha value is -3.15. The van der Waals surface area contributed by atoms with E-state index in [1.807, 2.05) is 60.5 Å². The highest BCUT2D eigenvalue weighted by molar-refractivity contribution is 5.79. The number of hydrogen-bond acceptors (Lipinski definition) is 4. The molecule has 0 N–H and O–H groups in total. The second-order valence-corrected chi connectivity index (χ2v) is 8.94. The van der Waals surface area contributed by atoms with Gasteiger partial charge in [0.2, 0.25) is 5.91 Å². The van der Waals surface area contributed by atoms with Gasteiger partial charge in [0.25, 0.3) is 0 Å². The lowest BCUT2D eigenvalue weighted by molar-refractivity contribution is -0.133. The molecular formula is C29H35N3O2. The normalized spacial score (nSPS) is 14.8. The minimum Gasteiger partial charge on any atom is -0.497 e. The van der Waals surface area contributed by atoms with Gasteiger partial charge in [-0.05, 0) is 35.2 Å². The van der Waals surface area contributed by atoms with Crippen molar-refractivity contribution < 1.29 is 9.53 Å². The van der Waals surface area contributed by atoms with Crippen LogP contribution in [0.3, 0.4) is 0 Å². The fraction of sp³-hybridized carbons (Fsp3) is 0.345. The molecule has 0 aromatic heterocycles. The van der Waals surface area contributed by atoms with Crippen LogP contribution < -0.4 is 4.74 Å². The number of carbonyl (C=O) groups is 1. The van der Waals surface area contributed by atoms with Gasteiger partial charge in [-0.1, -0.05) is 72.8 Å². The van der Waals surface area contributed by atoms with Crippen LogP contribution in [-0.4, -0.2) is 74.0 Å². The lowest BCUT2D eigenvalue weighted by Crippen LogP contribution is -2.50. The molecule has 0 aliphatic carbocycles. The predicted octanol–water partition coefficient (Wildman–Crippen LogP) is 4.10. The molecule has 178 valence electrons. The number of piperazine rings is 1. The summed E-state index contributed by atoms with van der Waals surface area (Å²) < 4.78 is 5.24. The van der Waals surface area contributed by atoms with Gasteiger partial charge >= 0.3 is 0 Å². The Kier molecular flexibility index (Phi) is 8.34. The van der Waals surface area contributed by atoms with Crippen molar-refractivity contribution in [1.29, 1.82) is 0 Å². The third kappa shape index (κ3) is 6.25. The van der Waals surface area contributed by atoms with Crippen molar-refractivity contribution in [2.45, 2.75) is 12.5 Å². The first kappa shape index (κ1) is 24.0. The van der Waals surface area contributed by atoms with E-state index in [0.717, 1.165) is 56.0 Å². The van der Waals surface area contributed by atoms with Crippen molar-refractivity contribution in [2.24, 2.45) is 0 Å². The summed E-state index contributed by atoms with van der Waals surface area (Å²) >= 11 is 0. The molecule has 1 heterocycles. The van der Waals surface area contributed by atoms with Gasteiger partial charge in [-0.2, -0.15) is 0 Å². The number of benzene rings is 3. The molecular weight excluding hydrogens is 422 g/mol. The quantitative estimate of drug-likeness (QED) is 0.485. The van der Waals surface area contributed by atoms with Crippen LogP contribution in [0.1, 0.15) is 22.7 Å². The Balaban J connectivity index is 1.30. The van der Waals surface area contributed by atoms with E-state index in [0.29, 0.717) is 6.54 Å². The zero-order valence-corrected chi connectivity index (χ0v) is 20.3. The topological polar surface area (TPSA) is 36.0 Å².